The molecule has 3 rings (SSSR count). The van der Waals surface area contributed by atoms with Crippen LogP contribution < -0.4 is 10.1 Å². The lowest BCUT2D eigenvalue weighted by atomic mass is 10.1. The highest BCUT2D eigenvalue weighted by Crippen LogP contribution is 2.38. The molecule has 3 nitrogen and oxygen atoms in total. The number of hydrogen-bond donors (Lipinski definition) is 1. The quantitative estimate of drug-likeness (QED) is 0.702. The van der Waals surface area contributed by atoms with Crippen molar-refractivity contribution < 1.29 is 9.53 Å². The fourth-order valence-electron chi connectivity index (χ4n) is 2.58. The molecular formula is C19H18ClNO2S. The maximum Gasteiger partial charge on any atom is 0.265 e. The van der Waals surface area contributed by atoms with Gasteiger partial charge in [-0.05, 0) is 48.7 Å². The zero-order valence-corrected chi connectivity index (χ0v) is 15.3. The van der Waals surface area contributed by atoms with Crippen LogP contribution in [0.25, 0.3) is 10.1 Å². The van der Waals surface area contributed by atoms with Crippen LogP contribution in [0.15, 0.2) is 36.4 Å². The number of aryl methyl sites for hydroxylation is 2. The van der Waals surface area contributed by atoms with E-state index in [9.17, 15) is 4.79 Å². The predicted molar refractivity (Wildman–Crippen MR) is 100 cm³/mol. The second-order valence-electron chi connectivity index (χ2n) is 5.71. The van der Waals surface area contributed by atoms with E-state index in [0.717, 1.165) is 15.6 Å². The number of benzene rings is 2. The van der Waals surface area contributed by atoms with Gasteiger partial charge in [-0.3, -0.25) is 4.79 Å². The summed E-state index contributed by atoms with van der Waals surface area (Å²) < 4.78 is 6.43. The topological polar surface area (TPSA) is 38.3 Å². The molecule has 0 radical (unpaired) electrons. The lowest BCUT2D eigenvalue weighted by Crippen LogP contribution is -2.22. The van der Waals surface area contributed by atoms with Crippen molar-refractivity contribution in [2.75, 3.05) is 7.11 Å². The highest BCUT2D eigenvalue weighted by molar-refractivity contribution is 7.21. The van der Waals surface area contributed by atoms with Gasteiger partial charge in [-0.2, -0.15) is 0 Å². The van der Waals surface area contributed by atoms with Crippen LogP contribution in [0.3, 0.4) is 0 Å². The first kappa shape index (κ1) is 16.8. The fraction of sp³-hybridized carbons (Fsp3) is 0.211. The van der Waals surface area contributed by atoms with E-state index < -0.39 is 0 Å². The van der Waals surface area contributed by atoms with Crippen molar-refractivity contribution in [1.29, 1.82) is 0 Å². The van der Waals surface area contributed by atoms with Crippen LogP contribution in [0.2, 0.25) is 5.02 Å². The summed E-state index contributed by atoms with van der Waals surface area (Å²) in [7, 11) is 1.57. The summed E-state index contributed by atoms with van der Waals surface area (Å²) in [6.45, 7) is 4.63. The molecule has 0 atom stereocenters. The van der Waals surface area contributed by atoms with Crippen molar-refractivity contribution in [2.45, 2.75) is 20.4 Å². The number of thiophene rings is 1. The molecule has 0 saturated carbocycles. The van der Waals surface area contributed by atoms with Gasteiger partial charge in [0.15, 0.2) is 0 Å². The van der Waals surface area contributed by atoms with Crippen LogP contribution in [0.1, 0.15) is 26.4 Å². The van der Waals surface area contributed by atoms with E-state index in [1.54, 1.807) is 7.11 Å². The second-order valence-corrected chi connectivity index (χ2v) is 7.19. The summed E-state index contributed by atoms with van der Waals surface area (Å²) in [6, 6.07) is 11.7. The predicted octanol–water partition coefficient (Wildman–Crippen LogP) is 5.11. The Labute approximate surface area is 150 Å². The van der Waals surface area contributed by atoms with Crippen LogP contribution in [0.4, 0.5) is 0 Å². The molecule has 0 spiro atoms. The van der Waals surface area contributed by atoms with Gasteiger partial charge in [-0.25, -0.2) is 0 Å². The molecular weight excluding hydrogens is 342 g/mol. The normalized spacial score (nSPS) is 10.8. The third-order valence-corrected chi connectivity index (χ3v) is 5.43. The number of ether oxygens (including phenoxy) is 1. The molecule has 1 heterocycles. The lowest BCUT2D eigenvalue weighted by Gasteiger charge is -2.08. The molecule has 124 valence electrons. The molecule has 0 bridgehead atoms. The molecule has 2 aromatic carbocycles. The minimum Gasteiger partial charge on any atom is -0.494 e. The number of nitrogens with one attached hydrogen (secondary N) is 1. The van der Waals surface area contributed by atoms with Gasteiger partial charge in [0, 0.05) is 21.7 Å². The Balaban J connectivity index is 1.84. The van der Waals surface area contributed by atoms with Gasteiger partial charge < -0.3 is 10.1 Å². The number of halogens is 1. The first-order chi connectivity index (χ1) is 11.5. The smallest absolute Gasteiger partial charge is 0.265 e. The molecule has 1 amide bonds. The van der Waals surface area contributed by atoms with Gasteiger partial charge in [0.2, 0.25) is 0 Å². The number of rotatable bonds is 4. The maximum atomic E-state index is 12.6. The summed E-state index contributed by atoms with van der Waals surface area (Å²) in [5.41, 5.74) is 3.54. The Morgan fingerprint density at radius 2 is 1.96 bits per heavy atom. The van der Waals surface area contributed by atoms with Crippen molar-refractivity contribution in [3.05, 3.63) is 63.0 Å². The minimum absolute atomic E-state index is 0.137. The fourth-order valence-corrected chi connectivity index (χ4v) is 3.82. The summed E-state index contributed by atoms with van der Waals surface area (Å²) >= 11 is 7.46. The molecule has 24 heavy (non-hydrogen) atoms. The molecule has 0 aliphatic heterocycles. The summed E-state index contributed by atoms with van der Waals surface area (Å²) in [4.78, 5) is 13.2. The number of amides is 1. The van der Waals surface area contributed by atoms with Crippen LogP contribution >= 0.6 is 22.9 Å². The molecule has 5 heteroatoms. The summed E-state index contributed by atoms with van der Waals surface area (Å²) in [6.07, 6.45) is 0. The number of carbonyl (C=O) groups is 1. The molecule has 1 aromatic heterocycles. The monoisotopic (exact) mass is 359 g/mol. The van der Waals surface area contributed by atoms with E-state index in [4.69, 9.17) is 16.3 Å². The van der Waals surface area contributed by atoms with Gasteiger partial charge in [0.1, 0.15) is 10.6 Å². The van der Waals surface area contributed by atoms with Crippen LogP contribution in [-0.2, 0) is 6.54 Å². The van der Waals surface area contributed by atoms with Crippen molar-refractivity contribution in [3.8, 4) is 5.75 Å². The minimum atomic E-state index is -0.137. The SMILES string of the molecule is COc1c(C(=O)NCc2ccc(C)c(C)c2)sc2ccc(Cl)cc12. The van der Waals surface area contributed by atoms with E-state index in [-0.39, 0.29) is 5.91 Å². The maximum absolute atomic E-state index is 12.6. The standard InChI is InChI=1S/C19H18ClNO2S/c1-11-4-5-13(8-12(11)2)10-21-19(22)18-17(23-3)15-9-14(20)6-7-16(15)24-18/h4-9H,10H2,1-3H3,(H,21,22). The van der Waals surface area contributed by atoms with Gasteiger partial charge in [-0.1, -0.05) is 29.8 Å². The van der Waals surface area contributed by atoms with Crippen molar-refractivity contribution in [1.82, 2.24) is 5.32 Å². The van der Waals surface area contributed by atoms with Crippen LogP contribution in [0, 0.1) is 13.8 Å². The van der Waals surface area contributed by atoms with Gasteiger partial charge in [0.05, 0.1) is 7.11 Å². The van der Waals surface area contributed by atoms with Gasteiger partial charge >= 0.3 is 0 Å². The van der Waals surface area contributed by atoms with E-state index in [1.807, 2.05) is 24.3 Å². The average Bonchev–Trinajstić information content (AvgIpc) is 2.93. The molecule has 0 unspecified atom stereocenters. The van der Waals surface area contributed by atoms with E-state index in [2.05, 4.69) is 31.3 Å². The number of hydrogen-bond acceptors (Lipinski definition) is 3. The largest absolute Gasteiger partial charge is 0.494 e. The van der Waals surface area contributed by atoms with Gasteiger partial charge in [-0.15, -0.1) is 11.3 Å². The third-order valence-electron chi connectivity index (χ3n) is 4.04. The van der Waals surface area contributed by atoms with E-state index >= 15 is 0 Å². The number of methoxy groups -OCH3 is 1. The molecule has 1 N–H and O–H groups in total. The Morgan fingerprint density at radius 1 is 1.17 bits per heavy atom. The third kappa shape index (κ3) is 3.25. The van der Waals surface area contributed by atoms with Crippen molar-refractivity contribution >= 4 is 38.9 Å². The molecule has 0 saturated heterocycles. The van der Waals surface area contributed by atoms with Crippen molar-refractivity contribution in [3.63, 3.8) is 0 Å². The molecule has 0 fully saturated rings. The summed E-state index contributed by atoms with van der Waals surface area (Å²) in [5, 5.41) is 4.46. The molecule has 0 aliphatic rings. The second kappa shape index (κ2) is 6.83. The Morgan fingerprint density at radius 3 is 2.67 bits per heavy atom. The van der Waals surface area contributed by atoms with Gasteiger partial charge in [0.25, 0.3) is 5.91 Å². The summed E-state index contributed by atoms with van der Waals surface area (Å²) in [5.74, 6) is 0.442. The highest BCUT2D eigenvalue weighted by atomic mass is 35.5. The Kier molecular flexibility index (Phi) is 4.78. The Bertz CT molecular complexity index is 917. The average molecular weight is 360 g/mol. The van der Waals surface area contributed by atoms with Crippen LogP contribution in [-0.4, -0.2) is 13.0 Å². The number of fused-ring (bicyclic) bond motifs is 1. The lowest BCUT2D eigenvalue weighted by molar-refractivity contribution is 0.0952. The number of carbonyl (C=O) groups excluding carboxylic acids is 1. The van der Waals surface area contributed by atoms with E-state index in [1.165, 1.54) is 22.5 Å². The van der Waals surface area contributed by atoms with Crippen LogP contribution in [0.5, 0.6) is 5.75 Å². The highest BCUT2D eigenvalue weighted by Gasteiger charge is 2.19. The zero-order chi connectivity index (χ0) is 17.3. The molecule has 0 aliphatic carbocycles. The zero-order valence-electron chi connectivity index (χ0n) is 13.8. The molecule has 3 aromatic rings. The van der Waals surface area contributed by atoms with E-state index in [0.29, 0.717) is 22.2 Å². The Hall–Kier alpha value is -2.04. The van der Waals surface area contributed by atoms with Crippen molar-refractivity contribution in [2.24, 2.45) is 0 Å². The first-order valence-electron chi connectivity index (χ1n) is 7.60. The first-order valence-corrected chi connectivity index (χ1v) is 8.79.